The summed E-state index contributed by atoms with van der Waals surface area (Å²) in [5.74, 6) is 0.564. The molecule has 2 nitrogen and oxygen atoms in total. The van der Waals surface area contributed by atoms with Crippen molar-refractivity contribution in [3.63, 3.8) is 0 Å². The predicted octanol–water partition coefficient (Wildman–Crippen LogP) is 4.23. The Morgan fingerprint density at radius 2 is 1.44 bits per heavy atom. The molecule has 2 rings (SSSR count). The van der Waals surface area contributed by atoms with Gasteiger partial charge in [0.2, 0.25) is 0 Å². The van der Waals surface area contributed by atoms with E-state index in [0.717, 1.165) is 5.56 Å². The van der Waals surface area contributed by atoms with Crippen LogP contribution < -0.4 is 4.74 Å². The maximum atomic E-state index is 10.7. The summed E-state index contributed by atoms with van der Waals surface area (Å²) in [6.45, 7) is 12.0. The van der Waals surface area contributed by atoms with Crippen LogP contribution >= 0.6 is 0 Å². The number of carbonyl (C=O) groups is 1. The number of benzene rings is 1. The summed E-state index contributed by atoms with van der Waals surface area (Å²) in [7, 11) is 0. The van der Waals surface area contributed by atoms with Gasteiger partial charge in [-0.1, -0.05) is 59.7 Å². The average molecular weight is 224 g/mol. The quantitative estimate of drug-likeness (QED) is 0.487. The maximum Gasteiger partial charge on any atom is 0.315 e. The average Bonchev–Trinajstić information content (AvgIpc) is 2.76. The van der Waals surface area contributed by atoms with Crippen molar-refractivity contribution in [2.24, 2.45) is 0 Å². The Hall–Kier alpha value is -1.31. The number of hydrogen-bond acceptors (Lipinski definition) is 2. The molecule has 1 aliphatic heterocycles. The normalized spacial score (nSPS) is 10.2. The highest BCUT2D eigenvalue weighted by molar-refractivity contribution is 5.80. The van der Waals surface area contributed by atoms with E-state index >= 15 is 0 Å². The highest BCUT2D eigenvalue weighted by Gasteiger charge is 2.18. The first-order valence-corrected chi connectivity index (χ1v) is 6.15. The topological polar surface area (TPSA) is 26.3 Å². The summed E-state index contributed by atoms with van der Waals surface area (Å²) < 4.78 is 4.87. The van der Waals surface area contributed by atoms with E-state index in [1.54, 1.807) is 6.07 Å². The van der Waals surface area contributed by atoms with Crippen molar-refractivity contribution < 1.29 is 9.53 Å². The summed E-state index contributed by atoms with van der Waals surface area (Å²) in [6, 6.07) is 7.47. The molecule has 1 aliphatic rings. The lowest BCUT2D eigenvalue weighted by Crippen LogP contribution is -1.99. The molecule has 0 N–H and O–H groups in total. The van der Waals surface area contributed by atoms with E-state index in [9.17, 15) is 4.79 Å². The molecule has 16 heavy (non-hydrogen) atoms. The summed E-state index contributed by atoms with van der Waals surface area (Å²) >= 11 is 0. The van der Waals surface area contributed by atoms with Gasteiger partial charge in [0.05, 0.1) is 6.42 Å². The number of fused-ring (bicyclic) bond motifs is 1. The van der Waals surface area contributed by atoms with Crippen LogP contribution in [-0.4, -0.2) is 5.97 Å². The van der Waals surface area contributed by atoms with Crippen molar-refractivity contribution in [1.82, 2.24) is 0 Å². The van der Waals surface area contributed by atoms with E-state index < -0.39 is 0 Å². The summed E-state index contributed by atoms with van der Waals surface area (Å²) in [4.78, 5) is 10.7. The SMILES string of the molecule is CC.CC.CC.O=C1Cc2ccccc2O1. The van der Waals surface area contributed by atoms with E-state index in [-0.39, 0.29) is 5.97 Å². The first-order chi connectivity index (χ1) is 7.86. The first kappa shape index (κ1) is 17.1. The Labute approximate surface area is 99.6 Å². The van der Waals surface area contributed by atoms with Crippen LogP contribution in [0.25, 0.3) is 0 Å². The zero-order valence-electron chi connectivity index (χ0n) is 11.3. The molecular weight excluding hydrogens is 200 g/mol. The van der Waals surface area contributed by atoms with Gasteiger partial charge in [0, 0.05) is 5.56 Å². The number of para-hydroxylation sites is 1. The number of carbonyl (C=O) groups excluding carboxylic acids is 1. The third-order valence-electron chi connectivity index (χ3n) is 1.53. The standard InChI is InChI=1S/C8H6O2.3C2H6/c9-8-5-6-3-1-2-4-7(6)10-8;3*1-2/h1-4H,5H2;3*1-2H3. The molecule has 0 unspecified atom stereocenters. The molecule has 0 saturated heterocycles. The molecule has 2 heteroatoms. The van der Waals surface area contributed by atoms with Crippen LogP contribution in [0.15, 0.2) is 24.3 Å². The first-order valence-electron chi connectivity index (χ1n) is 6.15. The fourth-order valence-corrected chi connectivity index (χ4v) is 1.06. The van der Waals surface area contributed by atoms with Gasteiger partial charge in [-0.3, -0.25) is 4.79 Å². The van der Waals surface area contributed by atoms with Crippen molar-refractivity contribution in [3.8, 4) is 5.75 Å². The monoisotopic (exact) mass is 224 g/mol. The van der Waals surface area contributed by atoms with Crippen LogP contribution in [0.1, 0.15) is 47.1 Å². The van der Waals surface area contributed by atoms with E-state index in [2.05, 4.69) is 0 Å². The fourth-order valence-electron chi connectivity index (χ4n) is 1.06. The van der Waals surface area contributed by atoms with Crippen molar-refractivity contribution in [1.29, 1.82) is 0 Å². The lowest BCUT2D eigenvalue weighted by molar-refractivity contribution is -0.131. The van der Waals surface area contributed by atoms with Crippen LogP contribution in [0, 0.1) is 0 Å². The summed E-state index contributed by atoms with van der Waals surface area (Å²) in [5, 5.41) is 0. The van der Waals surface area contributed by atoms with E-state index in [4.69, 9.17) is 4.74 Å². The van der Waals surface area contributed by atoms with E-state index in [0.29, 0.717) is 12.2 Å². The molecule has 92 valence electrons. The number of rotatable bonds is 0. The highest BCUT2D eigenvalue weighted by Crippen LogP contribution is 2.24. The summed E-state index contributed by atoms with van der Waals surface area (Å²) in [6.07, 6.45) is 0.427. The largest absolute Gasteiger partial charge is 0.426 e. The molecule has 0 atom stereocenters. The zero-order chi connectivity index (χ0) is 13.0. The minimum atomic E-state index is -0.152. The second kappa shape index (κ2) is 11.8. The van der Waals surface area contributed by atoms with Gasteiger partial charge in [0.25, 0.3) is 0 Å². The van der Waals surface area contributed by atoms with Crippen LogP contribution in [0.2, 0.25) is 0 Å². The number of hydrogen-bond donors (Lipinski definition) is 0. The van der Waals surface area contributed by atoms with Crippen molar-refractivity contribution >= 4 is 5.97 Å². The van der Waals surface area contributed by atoms with E-state index in [1.165, 1.54) is 0 Å². The van der Waals surface area contributed by atoms with Gasteiger partial charge in [-0.25, -0.2) is 0 Å². The molecule has 1 heterocycles. The fraction of sp³-hybridized carbons (Fsp3) is 0.500. The molecule has 0 radical (unpaired) electrons. The van der Waals surface area contributed by atoms with Crippen LogP contribution in [0.3, 0.4) is 0 Å². The number of esters is 1. The molecule has 0 fully saturated rings. The molecular formula is C14H24O2. The molecule has 0 bridgehead atoms. The lowest BCUT2D eigenvalue weighted by Gasteiger charge is -1.91. The van der Waals surface area contributed by atoms with E-state index in [1.807, 2.05) is 59.7 Å². The molecule has 1 aromatic carbocycles. The third-order valence-corrected chi connectivity index (χ3v) is 1.53. The minimum absolute atomic E-state index is 0.152. The van der Waals surface area contributed by atoms with Gasteiger partial charge in [0.1, 0.15) is 5.75 Å². The Morgan fingerprint density at radius 1 is 0.938 bits per heavy atom. The molecule has 1 aromatic rings. The third kappa shape index (κ3) is 5.54. The smallest absolute Gasteiger partial charge is 0.315 e. The van der Waals surface area contributed by atoms with Gasteiger partial charge in [-0.15, -0.1) is 0 Å². The molecule has 0 amide bonds. The number of ether oxygens (including phenoxy) is 1. The molecule has 0 saturated carbocycles. The minimum Gasteiger partial charge on any atom is -0.426 e. The predicted molar refractivity (Wildman–Crippen MR) is 69.8 cm³/mol. The summed E-state index contributed by atoms with van der Waals surface area (Å²) in [5.41, 5.74) is 0.993. The Balaban J connectivity index is 0. The van der Waals surface area contributed by atoms with Crippen LogP contribution in [0.4, 0.5) is 0 Å². The lowest BCUT2D eigenvalue weighted by atomic mass is 10.2. The van der Waals surface area contributed by atoms with Gasteiger partial charge in [-0.2, -0.15) is 0 Å². The van der Waals surface area contributed by atoms with Crippen LogP contribution in [-0.2, 0) is 11.2 Å². The second-order valence-electron chi connectivity index (χ2n) is 2.26. The second-order valence-corrected chi connectivity index (χ2v) is 2.26. The van der Waals surface area contributed by atoms with Crippen molar-refractivity contribution in [2.45, 2.75) is 48.0 Å². The Bertz CT molecular complexity index is 253. The van der Waals surface area contributed by atoms with Gasteiger partial charge >= 0.3 is 5.97 Å². The van der Waals surface area contributed by atoms with Gasteiger partial charge < -0.3 is 4.74 Å². The Kier molecular flexibility index (Phi) is 12.6. The highest BCUT2D eigenvalue weighted by atomic mass is 16.5. The zero-order valence-corrected chi connectivity index (χ0v) is 11.3. The Morgan fingerprint density at radius 3 is 1.94 bits per heavy atom. The van der Waals surface area contributed by atoms with Gasteiger partial charge in [-0.05, 0) is 6.07 Å². The van der Waals surface area contributed by atoms with Crippen molar-refractivity contribution in [2.75, 3.05) is 0 Å². The maximum absolute atomic E-state index is 10.7. The van der Waals surface area contributed by atoms with Gasteiger partial charge in [0.15, 0.2) is 0 Å². The molecule has 0 aromatic heterocycles. The van der Waals surface area contributed by atoms with Crippen LogP contribution in [0.5, 0.6) is 5.75 Å². The molecule has 0 spiro atoms. The molecule has 0 aliphatic carbocycles. The van der Waals surface area contributed by atoms with Crippen molar-refractivity contribution in [3.05, 3.63) is 29.8 Å².